The Morgan fingerprint density at radius 2 is 1.70 bits per heavy atom. The number of anilines is 4. The summed E-state index contributed by atoms with van der Waals surface area (Å²) < 4.78 is 85.8. The summed E-state index contributed by atoms with van der Waals surface area (Å²) in [6, 6.07) is 6.96. The van der Waals surface area contributed by atoms with E-state index in [0.29, 0.717) is 54.7 Å². The van der Waals surface area contributed by atoms with E-state index in [4.69, 9.17) is 14.7 Å². The number of hydrogen-bond donors (Lipinski definition) is 1. The van der Waals surface area contributed by atoms with Crippen molar-refractivity contribution in [1.29, 1.82) is 0 Å². The average molecular weight is 567 g/mol. The van der Waals surface area contributed by atoms with E-state index >= 15 is 0 Å². The van der Waals surface area contributed by atoms with Gasteiger partial charge in [0.1, 0.15) is 11.6 Å². The maximum Gasteiger partial charge on any atom is 0.419 e. The topological polar surface area (TPSA) is 66.4 Å². The number of nitrogens with zero attached hydrogens (tertiary/aromatic N) is 5. The number of methoxy groups -OCH3 is 1. The molecule has 1 aromatic carbocycles. The van der Waals surface area contributed by atoms with E-state index in [-0.39, 0.29) is 24.9 Å². The van der Waals surface area contributed by atoms with Crippen molar-refractivity contribution < 1.29 is 31.1 Å². The van der Waals surface area contributed by atoms with Crippen molar-refractivity contribution in [2.24, 2.45) is 0 Å². The normalized spacial score (nSPS) is 18.0. The molecule has 214 valence electrons. The fourth-order valence-electron chi connectivity index (χ4n) is 5.24. The van der Waals surface area contributed by atoms with Gasteiger partial charge in [0.25, 0.3) is 0 Å². The number of aromatic nitrogens is 3. The van der Waals surface area contributed by atoms with E-state index in [1.54, 1.807) is 12.0 Å². The summed E-state index contributed by atoms with van der Waals surface area (Å²) >= 11 is 0. The molecule has 2 aromatic heterocycles. The molecular formula is C27H28F6N6O. The summed E-state index contributed by atoms with van der Waals surface area (Å²) in [6.07, 6.45) is -5.23. The number of benzene rings is 1. The van der Waals surface area contributed by atoms with E-state index in [0.717, 1.165) is 31.0 Å². The number of fused-ring (bicyclic) bond motifs is 1. The molecule has 7 nitrogen and oxygen atoms in total. The molecule has 0 bridgehead atoms. The van der Waals surface area contributed by atoms with Crippen LogP contribution in [-0.2, 0) is 29.9 Å². The van der Waals surface area contributed by atoms with E-state index in [9.17, 15) is 26.3 Å². The quantitative estimate of drug-likeness (QED) is 0.374. The first-order valence-electron chi connectivity index (χ1n) is 12.9. The number of rotatable bonds is 6. The smallest absolute Gasteiger partial charge is 0.383 e. The lowest BCUT2D eigenvalue weighted by Crippen LogP contribution is -2.34. The third-order valence-corrected chi connectivity index (χ3v) is 7.19. The molecule has 1 fully saturated rings. The van der Waals surface area contributed by atoms with E-state index in [1.165, 1.54) is 24.4 Å². The molecule has 2 aliphatic rings. The lowest BCUT2D eigenvalue weighted by molar-refractivity contribution is -0.138. The van der Waals surface area contributed by atoms with Gasteiger partial charge in [-0.05, 0) is 55.7 Å². The highest BCUT2D eigenvalue weighted by molar-refractivity contribution is 5.63. The zero-order valence-electron chi connectivity index (χ0n) is 21.7. The molecule has 2 aliphatic heterocycles. The predicted octanol–water partition coefficient (Wildman–Crippen LogP) is 5.87. The Morgan fingerprint density at radius 1 is 0.950 bits per heavy atom. The minimum absolute atomic E-state index is 0.0621. The van der Waals surface area contributed by atoms with Gasteiger partial charge in [0.15, 0.2) is 0 Å². The van der Waals surface area contributed by atoms with Crippen LogP contribution in [0.3, 0.4) is 0 Å². The standard InChI is InChI=1S/C27H28F6N6O/c1-40-16-19-4-3-13-39(19)25-36-22-11-15-38(24-21(27(31,32)33)5-2-12-34-24)14-10-20(22)23(37-25)35-18-8-6-17(7-9-18)26(28,29)30/h2,5-9,12,19H,3-4,10-11,13-16H2,1H3,(H,35,36,37). The maximum absolute atomic E-state index is 13.7. The Hall–Kier alpha value is -3.61. The van der Waals surface area contributed by atoms with Gasteiger partial charge in [0.2, 0.25) is 5.95 Å². The second-order valence-corrected chi connectivity index (χ2v) is 9.80. The van der Waals surface area contributed by atoms with E-state index in [1.807, 2.05) is 4.90 Å². The highest BCUT2D eigenvalue weighted by atomic mass is 19.4. The monoisotopic (exact) mass is 566 g/mol. The van der Waals surface area contributed by atoms with Crippen LogP contribution in [0.1, 0.15) is 35.2 Å². The van der Waals surface area contributed by atoms with Gasteiger partial charge in [0.05, 0.1) is 29.5 Å². The minimum Gasteiger partial charge on any atom is -0.383 e. The van der Waals surface area contributed by atoms with E-state index < -0.39 is 23.5 Å². The average Bonchev–Trinajstić information content (AvgIpc) is 3.26. The van der Waals surface area contributed by atoms with Gasteiger partial charge in [-0.15, -0.1) is 0 Å². The summed E-state index contributed by atoms with van der Waals surface area (Å²) in [4.78, 5) is 17.3. The summed E-state index contributed by atoms with van der Waals surface area (Å²) in [5.41, 5.74) is 0.203. The molecule has 13 heteroatoms. The molecule has 5 rings (SSSR count). The Kier molecular flexibility index (Phi) is 7.76. The number of hydrogen-bond acceptors (Lipinski definition) is 7. The molecule has 1 N–H and O–H groups in total. The molecule has 0 spiro atoms. The van der Waals surface area contributed by atoms with Gasteiger partial charge >= 0.3 is 12.4 Å². The van der Waals surface area contributed by atoms with Crippen LogP contribution >= 0.6 is 0 Å². The van der Waals surface area contributed by atoms with Crippen LogP contribution in [0.25, 0.3) is 0 Å². The van der Waals surface area contributed by atoms with Crippen molar-refractivity contribution in [3.63, 3.8) is 0 Å². The maximum atomic E-state index is 13.7. The van der Waals surface area contributed by atoms with Crippen LogP contribution in [0, 0.1) is 0 Å². The van der Waals surface area contributed by atoms with Crippen molar-refractivity contribution in [3.8, 4) is 0 Å². The molecule has 3 aromatic rings. The molecule has 0 aliphatic carbocycles. The van der Waals surface area contributed by atoms with Gasteiger partial charge in [-0.1, -0.05) is 0 Å². The van der Waals surface area contributed by atoms with Crippen LogP contribution in [-0.4, -0.2) is 54.3 Å². The first-order valence-corrected chi connectivity index (χ1v) is 12.9. The summed E-state index contributed by atoms with van der Waals surface area (Å²) in [7, 11) is 1.62. The van der Waals surface area contributed by atoms with Crippen LogP contribution in [0.15, 0.2) is 42.6 Å². The second kappa shape index (κ2) is 11.1. The molecule has 1 saturated heterocycles. The number of pyridine rings is 1. The predicted molar refractivity (Wildman–Crippen MR) is 138 cm³/mol. The molecular weight excluding hydrogens is 538 g/mol. The van der Waals surface area contributed by atoms with Gasteiger partial charge < -0.3 is 19.9 Å². The summed E-state index contributed by atoms with van der Waals surface area (Å²) in [5.74, 6) is 0.727. The van der Waals surface area contributed by atoms with Gasteiger partial charge in [0, 0.05) is 50.6 Å². The van der Waals surface area contributed by atoms with Crippen LogP contribution in [0.5, 0.6) is 0 Å². The Labute approximate surface area is 227 Å². The van der Waals surface area contributed by atoms with Gasteiger partial charge in [-0.25, -0.2) is 9.97 Å². The van der Waals surface area contributed by atoms with Crippen molar-refractivity contribution in [3.05, 3.63) is 65.0 Å². The third-order valence-electron chi connectivity index (χ3n) is 7.19. The molecule has 1 atom stereocenters. The fraction of sp³-hybridized carbons (Fsp3) is 0.444. The molecule has 4 heterocycles. The number of alkyl halides is 6. The Balaban J connectivity index is 1.50. The SMILES string of the molecule is COCC1CCCN1c1nc2c(c(Nc3ccc(C(F)(F)F)cc3)n1)CCN(c1ncccc1C(F)(F)F)CC2. The second-order valence-electron chi connectivity index (χ2n) is 9.80. The minimum atomic E-state index is -4.56. The van der Waals surface area contributed by atoms with Crippen molar-refractivity contribution >= 4 is 23.3 Å². The highest BCUT2D eigenvalue weighted by Crippen LogP contribution is 2.37. The third kappa shape index (κ3) is 5.93. The zero-order chi connectivity index (χ0) is 28.5. The molecule has 0 radical (unpaired) electrons. The molecule has 40 heavy (non-hydrogen) atoms. The molecule has 0 saturated carbocycles. The molecule has 1 unspecified atom stereocenters. The lowest BCUT2D eigenvalue weighted by atomic mass is 10.1. The zero-order valence-corrected chi connectivity index (χ0v) is 21.7. The van der Waals surface area contributed by atoms with Crippen LogP contribution in [0.2, 0.25) is 0 Å². The first kappa shape index (κ1) is 27.9. The van der Waals surface area contributed by atoms with Crippen LogP contribution in [0.4, 0.5) is 49.6 Å². The number of nitrogens with one attached hydrogen (secondary N) is 1. The molecule has 0 amide bonds. The number of halogens is 6. The van der Waals surface area contributed by atoms with Crippen molar-refractivity contribution in [2.75, 3.05) is 48.5 Å². The largest absolute Gasteiger partial charge is 0.419 e. The summed E-state index contributed by atoms with van der Waals surface area (Å²) in [6.45, 7) is 1.68. The highest BCUT2D eigenvalue weighted by Gasteiger charge is 2.36. The van der Waals surface area contributed by atoms with Crippen molar-refractivity contribution in [2.45, 2.75) is 44.1 Å². The van der Waals surface area contributed by atoms with Crippen molar-refractivity contribution in [1.82, 2.24) is 15.0 Å². The van der Waals surface area contributed by atoms with E-state index in [2.05, 4.69) is 10.3 Å². The fourth-order valence-corrected chi connectivity index (χ4v) is 5.24. The van der Waals surface area contributed by atoms with Crippen LogP contribution < -0.4 is 15.1 Å². The Morgan fingerprint density at radius 3 is 2.40 bits per heavy atom. The Bertz CT molecular complexity index is 1330. The van der Waals surface area contributed by atoms with Gasteiger partial charge in [-0.2, -0.15) is 31.3 Å². The van der Waals surface area contributed by atoms with Gasteiger partial charge in [-0.3, -0.25) is 0 Å². The number of ether oxygens (including phenoxy) is 1. The summed E-state index contributed by atoms with van der Waals surface area (Å²) in [5, 5.41) is 3.15. The lowest BCUT2D eigenvalue weighted by Gasteiger charge is -2.26. The first-order chi connectivity index (χ1) is 19.0.